The van der Waals surface area contributed by atoms with Crippen LogP contribution < -0.4 is 10.6 Å². The first-order valence-corrected chi connectivity index (χ1v) is 13.3. The van der Waals surface area contributed by atoms with Crippen molar-refractivity contribution in [3.8, 4) is 0 Å². The van der Waals surface area contributed by atoms with Crippen molar-refractivity contribution < 1.29 is 22.8 Å². The molecule has 4 aromatic rings. The number of pyridine rings is 1. The average molecular weight is 557 g/mol. The predicted molar refractivity (Wildman–Crippen MR) is 143 cm³/mol. The maximum Gasteiger partial charge on any atom is 0.416 e. The quantitative estimate of drug-likeness (QED) is 0.354. The van der Waals surface area contributed by atoms with Gasteiger partial charge in [0.15, 0.2) is 5.69 Å². The highest BCUT2D eigenvalue weighted by Crippen LogP contribution is 2.33. The van der Waals surface area contributed by atoms with Gasteiger partial charge >= 0.3 is 6.18 Å². The van der Waals surface area contributed by atoms with Gasteiger partial charge in [-0.1, -0.05) is 6.07 Å². The molecule has 0 aliphatic carbocycles. The molecule has 0 bridgehead atoms. The lowest BCUT2D eigenvalue weighted by Crippen LogP contribution is -2.44. The number of likely N-dealkylation sites (N-methyl/N-ethyl adjacent to an activating group) is 1. The number of benzene rings is 1. The Balaban J connectivity index is 1.29. The number of carbonyl (C=O) groups excluding carboxylic acids is 2. The van der Waals surface area contributed by atoms with Gasteiger partial charge in [-0.2, -0.15) is 24.5 Å². The summed E-state index contributed by atoms with van der Waals surface area (Å²) in [6.45, 7) is 3.51. The van der Waals surface area contributed by atoms with E-state index in [2.05, 4.69) is 20.5 Å². The van der Waals surface area contributed by atoms with Gasteiger partial charge in [0.25, 0.3) is 11.8 Å². The molecule has 4 heterocycles. The number of piperazine rings is 1. The van der Waals surface area contributed by atoms with Gasteiger partial charge in [0.05, 0.1) is 16.8 Å². The minimum atomic E-state index is -4.59. The molecule has 0 spiro atoms. The van der Waals surface area contributed by atoms with Crippen LogP contribution in [0.5, 0.6) is 0 Å². The molecule has 2 N–H and O–H groups in total. The van der Waals surface area contributed by atoms with Gasteiger partial charge in [0, 0.05) is 51.0 Å². The molecule has 39 heavy (non-hydrogen) atoms. The number of nitrogens with zero attached hydrogens (tertiary/aromatic N) is 4. The molecule has 0 saturated carbocycles. The molecular weight excluding hydrogens is 529 g/mol. The number of hydrogen-bond acceptors (Lipinski definition) is 6. The topological polar surface area (TPSA) is 82.0 Å². The number of nitrogens with one attached hydrogen (secondary N) is 2. The number of anilines is 1. The summed E-state index contributed by atoms with van der Waals surface area (Å²) in [4.78, 5) is 33.8. The van der Waals surface area contributed by atoms with Crippen molar-refractivity contribution in [1.82, 2.24) is 24.5 Å². The number of imidazole rings is 1. The SMILES string of the molecule is CN1CCN(Cc2ccc(C(=O)Nc3ccc4c(C(=O)NCc5ccsc5)ncn4c3)cc2C(F)(F)F)CC1. The molecule has 1 fully saturated rings. The van der Waals surface area contributed by atoms with E-state index in [1.807, 2.05) is 28.8 Å². The highest BCUT2D eigenvalue weighted by atomic mass is 32.1. The minimum absolute atomic E-state index is 0.0938. The van der Waals surface area contributed by atoms with Crippen LogP contribution >= 0.6 is 11.3 Å². The maximum absolute atomic E-state index is 13.9. The molecule has 0 atom stereocenters. The predicted octanol–water partition coefficient (Wildman–Crippen LogP) is 4.34. The second-order valence-corrected chi connectivity index (χ2v) is 10.3. The molecule has 2 amide bonds. The molecule has 1 aliphatic heterocycles. The lowest BCUT2D eigenvalue weighted by molar-refractivity contribution is -0.138. The zero-order chi connectivity index (χ0) is 27.6. The molecule has 12 heteroatoms. The van der Waals surface area contributed by atoms with Gasteiger partial charge in [0.2, 0.25) is 0 Å². The van der Waals surface area contributed by atoms with Crippen molar-refractivity contribution in [2.45, 2.75) is 19.3 Å². The summed E-state index contributed by atoms with van der Waals surface area (Å²) in [5.41, 5.74) is 1.35. The van der Waals surface area contributed by atoms with Gasteiger partial charge in [-0.15, -0.1) is 0 Å². The van der Waals surface area contributed by atoms with Crippen LogP contribution in [0.4, 0.5) is 18.9 Å². The number of halogens is 3. The standard InChI is InChI=1S/C27H27F3N6O2S/c1-34-7-9-35(10-8-34)14-20-3-2-19(12-22(20)27(28,29)30)25(37)33-21-4-5-23-24(32-17-36(23)15-21)26(38)31-13-18-6-11-39-16-18/h2-6,11-12,15-17H,7-10,13-14H2,1H3,(H,31,38)(H,33,37). The highest BCUT2D eigenvalue weighted by molar-refractivity contribution is 7.07. The Kier molecular flexibility index (Phi) is 7.69. The molecule has 204 valence electrons. The second kappa shape index (κ2) is 11.2. The first-order valence-electron chi connectivity index (χ1n) is 12.4. The molecule has 1 aromatic carbocycles. The van der Waals surface area contributed by atoms with Crippen molar-refractivity contribution in [2.75, 3.05) is 38.5 Å². The summed E-state index contributed by atoms with van der Waals surface area (Å²) >= 11 is 1.54. The average Bonchev–Trinajstić information content (AvgIpc) is 3.58. The fraction of sp³-hybridized carbons (Fsp3) is 0.296. The number of carbonyl (C=O) groups is 2. The van der Waals surface area contributed by atoms with Crippen LogP contribution in [0.15, 0.2) is 59.7 Å². The number of fused-ring (bicyclic) bond motifs is 1. The zero-order valence-electron chi connectivity index (χ0n) is 21.2. The number of thiophene rings is 1. The van der Waals surface area contributed by atoms with Crippen molar-refractivity contribution in [2.24, 2.45) is 0 Å². The van der Waals surface area contributed by atoms with Gasteiger partial charge in [-0.3, -0.25) is 14.5 Å². The zero-order valence-corrected chi connectivity index (χ0v) is 22.0. The monoisotopic (exact) mass is 556 g/mol. The van der Waals surface area contributed by atoms with Crippen LogP contribution in [0.3, 0.4) is 0 Å². The lowest BCUT2D eigenvalue weighted by Gasteiger charge is -2.33. The van der Waals surface area contributed by atoms with Crippen LogP contribution in [0, 0.1) is 0 Å². The summed E-state index contributed by atoms with van der Waals surface area (Å²) in [7, 11) is 1.99. The molecular formula is C27H27F3N6O2S. The van der Waals surface area contributed by atoms with E-state index in [4.69, 9.17) is 0 Å². The summed E-state index contributed by atoms with van der Waals surface area (Å²) < 4.78 is 43.3. The van der Waals surface area contributed by atoms with Crippen LogP contribution in [0.1, 0.15) is 37.5 Å². The molecule has 1 saturated heterocycles. The van der Waals surface area contributed by atoms with Gasteiger partial charge in [-0.05, 0) is 59.3 Å². The maximum atomic E-state index is 13.9. The third-order valence-electron chi connectivity index (χ3n) is 6.70. The Labute approximate surface area is 227 Å². The van der Waals surface area contributed by atoms with E-state index in [1.165, 1.54) is 18.5 Å². The fourth-order valence-corrected chi connectivity index (χ4v) is 5.15. The Morgan fingerprint density at radius 1 is 1.05 bits per heavy atom. The van der Waals surface area contributed by atoms with E-state index in [9.17, 15) is 22.8 Å². The fourth-order valence-electron chi connectivity index (χ4n) is 4.48. The summed E-state index contributed by atoms with van der Waals surface area (Å²) in [6, 6.07) is 8.84. The van der Waals surface area contributed by atoms with Crippen LogP contribution in [-0.2, 0) is 19.3 Å². The van der Waals surface area contributed by atoms with Crippen molar-refractivity contribution in [3.63, 3.8) is 0 Å². The molecule has 0 unspecified atom stereocenters. The summed E-state index contributed by atoms with van der Waals surface area (Å²) in [5.74, 6) is -1.00. The normalized spacial score (nSPS) is 15.0. The van der Waals surface area contributed by atoms with E-state index in [1.54, 1.807) is 34.1 Å². The lowest BCUT2D eigenvalue weighted by atomic mass is 10.0. The molecule has 8 nitrogen and oxygen atoms in total. The minimum Gasteiger partial charge on any atom is -0.347 e. The van der Waals surface area contributed by atoms with Crippen LogP contribution in [0.2, 0.25) is 0 Å². The van der Waals surface area contributed by atoms with E-state index < -0.39 is 17.6 Å². The van der Waals surface area contributed by atoms with Crippen molar-refractivity contribution in [3.05, 3.63) is 87.6 Å². The first kappa shape index (κ1) is 26.9. The van der Waals surface area contributed by atoms with E-state index in [0.29, 0.717) is 30.8 Å². The summed E-state index contributed by atoms with van der Waals surface area (Å²) in [5, 5.41) is 9.34. The van der Waals surface area contributed by atoms with Crippen molar-refractivity contribution in [1.29, 1.82) is 0 Å². The number of hydrogen-bond donors (Lipinski definition) is 2. The number of aromatic nitrogens is 2. The van der Waals surface area contributed by atoms with E-state index in [-0.39, 0.29) is 29.3 Å². The van der Waals surface area contributed by atoms with Crippen LogP contribution in [0.25, 0.3) is 5.52 Å². The number of rotatable bonds is 7. The largest absolute Gasteiger partial charge is 0.416 e. The third-order valence-corrected chi connectivity index (χ3v) is 7.44. The van der Waals surface area contributed by atoms with Gasteiger partial charge in [0.1, 0.15) is 6.33 Å². The Hall–Kier alpha value is -3.74. The second-order valence-electron chi connectivity index (χ2n) is 9.52. The Morgan fingerprint density at radius 3 is 2.56 bits per heavy atom. The third kappa shape index (κ3) is 6.29. The number of amides is 2. The first-order chi connectivity index (χ1) is 18.7. The van der Waals surface area contributed by atoms with Crippen molar-refractivity contribution >= 4 is 34.4 Å². The summed E-state index contributed by atoms with van der Waals surface area (Å²) in [6.07, 6.45) is -1.59. The highest BCUT2D eigenvalue weighted by Gasteiger charge is 2.34. The molecule has 1 aliphatic rings. The Bertz CT molecular complexity index is 1480. The molecule has 3 aromatic heterocycles. The number of alkyl halides is 3. The van der Waals surface area contributed by atoms with E-state index in [0.717, 1.165) is 24.7 Å². The molecule has 0 radical (unpaired) electrons. The smallest absolute Gasteiger partial charge is 0.347 e. The van der Waals surface area contributed by atoms with Gasteiger partial charge < -0.3 is 19.9 Å². The van der Waals surface area contributed by atoms with Crippen LogP contribution in [-0.4, -0.2) is 64.2 Å². The van der Waals surface area contributed by atoms with Gasteiger partial charge in [-0.25, -0.2) is 4.98 Å². The van der Waals surface area contributed by atoms with E-state index >= 15 is 0 Å². The molecule has 5 rings (SSSR count). The Morgan fingerprint density at radius 2 is 1.85 bits per heavy atom.